The lowest BCUT2D eigenvalue weighted by atomic mass is 10.2. The molecule has 0 radical (unpaired) electrons. The molecule has 138 valence electrons. The number of likely N-dealkylation sites (tertiary alicyclic amines) is 1. The largest absolute Gasteiger partial charge is 0.339 e. The Labute approximate surface area is 165 Å². The molecule has 0 N–H and O–H groups in total. The van der Waals surface area contributed by atoms with Crippen LogP contribution in [-0.4, -0.2) is 39.0 Å². The van der Waals surface area contributed by atoms with E-state index in [4.69, 9.17) is 16.1 Å². The molecule has 0 spiro atoms. The molecule has 3 heterocycles. The van der Waals surface area contributed by atoms with Crippen LogP contribution in [0.3, 0.4) is 0 Å². The van der Waals surface area contributed by atoms with Gasteiger partial charge >= 0.3 is 0 Å². The summed E-state index contributed by atoms with van der Waals surface area (Å²) in [6, 6.07) is 10.9. The van der Waals surface area contributed by atoms with Gasteiger partial charge in [-0.1, -0.05) is 28.5 Å². The number of thioether (sulfide) groups is 1. The van der Waals surface area contributed by atoms with E-state index in [0.29, 0.717) is 28.1 Å². The van der Waals surface area contributed by atoms with Crippen LogP contribution in [0.25, 0.3) is 11.4 Å². The second kappa shape index (κ2) is 8.10. The van der Waals surface area contributed by atoms with E-state index < -0.39 is 0 Å². The number of carbonyl (C=O) groups excluding carboxylic acids is 1. The number of aromatic nitrogens is 3. The lowest BCUT2D eigenvalue weighted by molar-refractivity contribution is 0.0792. The maximum atomic E-state index is 12.3. The Morgan fingerprint density at radius 3 is 2.63 bits per heavy atom. The van der Waals surface area contributed by atoms with Crippen LogP contribution < -0.4 is 0 Å². The first kappa shape index (κ1) is 18.0. The van der Waals surface area contributed by atoms with Crippen molar-refractivity contribution >= 4 is 29.3 Å². The molecule has 1 saturated heterocycles. The summed E-state index contributed by atoms with van der Waals surface area (Å²) in [5, 5.41) is 5.46. The molecule has 0 saturated carbocycles. The van der Waals surface area contributed by atoms with E-state index in [0.717, 1.165) is 36.5 Å². The Morgan fingerprint density at radius 1 is 1.15 bits per heavy atom. The fourth-order valence-electron chi connectivity index (χ4n) is 2.86. The monoisotopic (exact) mass is 400 g/mol. The molecule has 1 amide bonds. The third-order valence-electron chi connectivity index (χ3n) is 4.29. The average Bonchev–Trinajstić information content (AvgIpc) is 3.39. The molecule has 0 atom stereocenters. The van der Waals surface area contributed by atoms with E-state index in [1.54, 1.807) is 18.3 Å². The van der Waals surface area contributed by atoms with E-state index in [-0.39, 0.29) is 5.91 Å². The van der Waals surface area contributed by atoms with Crippen LogP contribution in [0.1, 0.15) is 29.1 Å². The molecule has 1 fully saturated rings. The van der Waals surface area contributed by atoms with Gasteiger partial charge in [0.1, 0.15) is 0 Å². The molecule has 0 aliphatic carbocycles. The Balaban J connectivity index is 1.36. The lowest BCUT2D eigenvalue weighted by Gasteiger charge is -2.14. The van der Waals surface area contributed by atoms with Crippen LogP contribution in [0.2, 0.25) is 5.02 Å². The number of carbonyl (C=O) groups is 1. The van der Waals surface area contributed by atoms with Gasteiger partial charge in [0.25, 0.3) is 5.91 Å². The van der Waals surface area contributed by atoms with Gasteiger partial charge in [-0.05, 0) is 49.2 Å². The SMILES string of the molecule is O=C(c1ccc(SCc2nc(-c3ccc(Cl)cc3)no2)nc1)N1CCCC1. The first-order chi connectivity index (χ1) is 13.2. The van der Waals surface area contributed by atoms with Crippen LogP contribution >= 0.6 is 23.4 Å². The Kier molecular flexibility index (Phi) is 5.40. The molecule has 8 heteroatoms. The number of rotatable bonds is 5. The summed E-state index contributed by atoms with van der Waals surface area (Å²) in [5.41, 5.74) is 1.48. The summed E-state index contributed by atoms with van der Waals surface area (Å²) < 4.78 is 5.30. The van der Waals surface area contributed by atoms with E-state index in [2.05, 4.69) is 15.1 Å². The summed E-state index contributed by atoms with van der Waals surface area (Å²) in [4.78, 5) is 23.0. The molecular formula is C19H17ClN4O2S. The molecule has 0 bridgehead atoms. The fraction of sp³-hybridized carbons (Fsp3) is 0.263. The highest BCUT2D eigenvalue weighted by atomic mass is 35.5. The van der Waals surface area contributed by atoms with Crippen molar-refractivity contribution in [2.24, 2.45) is 0 Å². The minimum absolute atomic E-state index is 0.0565. The van der Waals surface area contributed by atoms with E-state index in [9.17, 15) is 4.79 Å². The van der Waals surface area contributed by atoms with Crippen molar-refractivity contribution in [3.63, 3.8) is 0 Å². The van der Waals surface area contributed by atoms with Crippen molar-refractivity contribution in [3.8, 4) is 11.4 Å². The predicted molar refractivity (Wildman–Crippen MR) is 104 cm³/mol. The molecule has 3 aromatic rings. The van der Waals surface area contributed by atoms with E-state index >= 15 is 0 Å². The quantitative estimate of drug-likeness (QED) is 0.594. The van der Waals surface area contributed by atoms with Gasteiger partial charge in [0.2, 0.25) is 11.7 Å². The summed E-state index contributed by atoms with van der Waals surface area (Å²) in [7, 11) is 0. The lowest BCUT2D eigenvalue weighted by Crippen LogP contribution is -2.27. The number of halogens is 1. The molecule has 6 nitrogen and oxygen atoms in total. The van der Waals surface area contributed by atoms with E-state index in [1.807, 2.05) is 29.2 Å². The summed E-state index contributed by atoms with van der Waals surface area (Å²) in [6.45, 7) is 1.67. The van der Waals surface area contributed by atoms with Crippen LogP contribution in [-0.2, 0) is 5.75 Å². The van der Waals surface area contributed by atoms with Crippen molar-refractivity contribution < 1.29 is 9.32 Å². The smallest absolute Gasteiger partial charge is 0.255 e. The minimum Gasteiger partial charge on any atom is -0.339 e. The maximum absolute atomic E-state index is 12.3. The standard InChI is InChI=1S/C19H17ClN4O2S/c20-15-6-3-13(4-7-15)18-22-16(26-23-18)12-27-17-8-5-14(11-21-17)19(25)24-9-1-2-10-24/h3-8,11H,1-2,9-10,12H2. The minimum atomic E-state index is 0.0565. The fourth-order valence-corrected chi connectivity index (χ4v) is 3.67. The number of pyridine rings is 1. The molecule has 1 aliphatic rings. The number of hydrogen-bond donors (Lipinski definition) is 0. The van der Waals surface area contributed by atoms with Gasteiger partial charge < -0.3 is 9.42 Å². The molecule has 2 aromatic heterocycles. The van der Waals surface area contributed by atoms with Crippen molar-refractivity contribution in [2.75, 3.05) is 13.1 Å². The van der Waals surface area contributed by atoms with Crippen molar-refractivity contribution in [2.45, 2.75) is 23.6 Å². The van der Waals surface area contributed by atoms with Crippen molar-refractivity contribution in [3.05, 3.63) is 59.1 Å². The second-order valence-electron chi connectivity index (χ2n) is 6.19. The van der Waals surface area contributed by atoms with Crippen LogP contribution in [0.15, 0.2) is 52.1 Å². The summed E-state index contributed by atoms with van der Waals surface area (Å²) in [5.74, 6) is 1.61. The zero-order chi connectivity index (χ0) is 18.6. The Bertz CT molecular complexity index is 922. The molecule has 1 aliphatic heterocycles. The maximum Gasteiger partial charge on any atom is 0.255 e. The molecule has 4 rings (SSSR count). The van der Waals surface area contributed by atoms with Gasteiger partial charge in [0.15, 0.2) is 0 Å². The first-order valence-electron chi connectivity index (χ1n) is 8.66. The van der Waals surface area contributed by atoms with Crippen LogP contribution in [0.5, 0.6) is 0 Å². The van der Waals surface area contributed by atoms with Crippen molar-refractivity contribution in [1.29, 1.82) is 0 Å². The van der Waals surface area contributed by atoms with Crippen LogP contribution in [0, 0.1) is 0 Å². The summed E-state index contributed by atoms with van der Waals surface area (Å²) in [6.07, 6.45) is 3.79. The van der Waals surface area contributed by atoms with Gasteiger partial charge in [-0.25, -0.2) is 4.98 Å². The Morgan fingerprint density at radius 2 is 1.93 bits per heavy atom. The zero-order valence-electron chi connectivity index (χ0n) is 14.5. The molecule has 1 aromatic carbocycles. The molecular weight excluding hydrogens is 384 g/mol. The highest BCUT2D eigenvalue weighted by Crippen LogP contribution is 2.23. The van der Waals surface area contributed by atoms with Gasteiger partial charge in [0.05, 0.1) is 16.3 Å². The van der Waals surface area contributed by atoms with Gasteiger partial charge in [0, 0.05) is 29.9 Å². The Hall–Kier alpha value is -2.38. The van der Waals surface area contributed by atoms with Gasteiger partial charge in [-0.15, -0.1) is 0 Å². The van der Waals surface area contributed by atoms with Gasteiger partial charge in [-0.3, -0.25) is 4.79 Å². The predicted octanol–water partition coefficient (Wildman–Crippen LogP) is 4.31. The van der Waals surface area contributed by atoms with E-state index in [1.165, 1.54) is 11.8 Å². The number of nitrogens with zero attached hydrogens (tertiary/aromatic N) is 4. The average molecular weight is 401 g/mol. The third-order valence-corrected chi connectivity index (χ3v) is 5.47. The zero-order valence-corrected chi connectivity index (χ0v) is 16.0. The number of benzene rings is 1. The first-order valence-corrected chi connectivity index (χ1v) is 10.0. The highest BCUT2D eigenvalue weighted by Gasteiger charge is 2.19. The third kappa shape index (κ3) is 4.31. The molecule has 27 heavy (non-hydrogen) atoms. The van der Waals surface area contributed by atoms with Crippen LogP contribution in [0.4, 0.5) is 0 Å². The van der Waals surface area contributed by atoms with Gasteiger partial charge in [-0.2, -0.15) is 4.98 Å². The highest BCUT2D eigenvalue weighted by molar-refractivity contribution is 7.98. The topological polar surface area (TPSA) is 72.1 Å². The normalized spacial score (nSPS) is 13.9. The number of hydrogen-bond acceptors (Lipinski definition) is 6. The number of amides is 1. The molecule has 0 unspecified atom stereocenters. The second-order valence-corrected chi connectivity index (χ2v) is 7.62. The summed E-state index contributed by atoms with van der Waals surface area (Å²) >= 11 is 7.37. The van der Waals surface area contributed by atoms with Crippen molar-refractivity contribution in [1.82, 2.24) is 20.0 Å².